The molecule has 4 rings (SSSR count). The van der Waals surface area contributed by atoms with Crippen LogP contribution in [0.5, 0.6) is 0 Å². The van der Waals surface area contributed by atoms with Crippen LogP contribution in [-0.2, 0) is 21.4 Å². The molecule has 0 N–H and O–H groups in total. The third kappa shape index (κ3) is 3.00. The number of carbonyl (C=O) groups excluding carboxylic acids is 1. The van der Waals surface area contributed by atoms with E-state index < -0.39 is 10.0 Å². The summed E-state index contributed by atoms with van der Waals surface area (Å²) in [4.78, 5) is 14.6. The Morgan fingerprint density at radius 1 is 1.14 bits per heavy atom. The van der Waals surface area contributed by atoms with Gasteiger partial charge in [-0.3, -0.25) is 9.10 Å². The Balaban J connectivity index is 1.65. The van der Waals surface area contributed by atoms with Crippen LogP contribution in [0.25, 0.3) is 10.8 Å². The SMILES string of the molecule is N#CCCN(Cc1ccco1)C(=O)CN1c2cccc3cccc(c23)S1(=O)=O. The number of carbonyl (C=O) groups is 1. The Kier molecular flexibility index (Phi) is 4.53. The van der Waals surface area contributed by atoms with Gasteiger partial charge in [-0.1, -0.05) is 24.3 Å². The second-order valence-corrected chi connectivity index (χ2v) is 8.28. The fourth-order valence-corrected chi connectivity index (χ4v) is 5.08. The van der Waals surface area contributed by atoms with Crippen molar-refractivity contribution in [2.75, 3.05) is 17.4 Å². The van der Waals surface area contributed by atoms with Crippen molar-refractivity contribution in [1.82, 2.24) is 4.90 Å². The largest absolute Gasteiger partial charge is 0.467 e. The fraction of sp³-hybridized carbons (Fsp3) is 0.200. The van der Waals surface area contributed by atoms with Crippen molar-refractivity contribution in [3.05, 3.63) is 60.6 Å². The summed E-state index contributed by atoms with van der Waals surface area (Å²) in [7, 11) is -3.81. The number of rotatable bonds is 6. The number of amides is 1. The highest BCUT2D eigenvalue weighted by Gasteiger charge is 2.37. The van der Waals surface area contributed by atoms with Crippen molar-refractivity contribution in [2.45, 2.75) is 17.9 Å². The second kappa shape index (κ2) is 7.02. The zero-order valence-corrected chi connectivity index (χ0v) is 15.7. The van der Waals surface area contributed by atoms with Crippen molar-refractivity contribution in [2.24, 2.45) is 0 Å². The number of hydrogen-bond acceptors (Lipinski definition) is 5. The molecule has 0 saturated heterocycles. The first kappa shape index (κ1) is 18.1. The Labute approximate surface area is 162 Å². The molecule has 0 spiro atoms. The van der Waals surface area contributed by atoms with Crippen LogP contribution in [-0.4, -0.2) is 32.3 Å². The number of nitriles is 1. The minimum absolute atomic E-state index is 0.148. The van der Waals surface area contributed by atoms with Gasteiger partial charge in [0, 0.05) is 11.9 Å². The molecule has 0 saturated carbocycles. The van der Waals surface area contributed by atoms with E-state index in [1.54, 1.807) is 36.4 Å². The molecule has 28 heavy (non-hydrogen) atoms. The average Bonchev–Trinajstić information content (AvgIpc) is 3.27. The minimum atomic E-state index is -3.81. The van der Waals surface area contributed by atoms with Crippen molar-refractivity contribution in [3.8, 4) is 6.07 Å². The lowest BCUT2D eigenvalue weighted by molar-refractivity contribution is -0.130. The first-order valence-electron chi connectivity index (χ1n) is 8.74. The maximum absolute atomic E-state index is 13.0. The van der Waals surface area contributed by atoms with E-state index in [-0.39, 0.29) is 36.9 Å². The molecule has 2 aromatic carbocycles. The standard InChI is InChI=1S/C20H17N3O4S/c21-10-4-11-22(13-16-7-3-12-27-16)19(24)14-23-17-8-1-5-15-6-2-9-18(20(15)17)28(23,25)26/h1-3,5-9,12H,4,11,13-14H2. The third-order valence-electron chi connectivity index (χ3n) is 4.73. The summed E-state index contributed by atoms with van der Waals surface area (Å²) in [6.45, 7) is 0.0435. The number of anilines is 1. The summed E-state index contributed by atoms with van der Waals surface area (Å²) < 4.78 is 32.5. The maximum Gasteiger partial charge on any atom is 0.265 e. The number of benzene rings is 2. The molecule has 0 atom stereocenters. The molecule has 3 aromatic rings. The molecule has 0 radical (unpaired) electrons. The van der Waals surface area contributed by atoms with Crippen LogP contribution in [0.3, 0.4) is 0 Å². The summed E-state index contributed by atoms with van der Waals surface area (Å²) in [5.74, 6) is 0.181. The molecular weight excluding hydrogens is 378 g/mol. The van der Waals surface area contributed by atoms with E-state index >= 15 is 0 Å². The van der Waals surface area contributed by atoms with Gasteiger partial charge >= 0.3 is 0 Å². The molecule has 1 aliphatic rings. The molecule has 2 heterocycles. The molecule has 7 nitrogen and oxygen atoms in total. The molecule has 1 aliphatic heterocycles. The summed E-state index contributed by atoms with van der Waals surface area (Å²) >= 11 is 0. The molecule has 1 aromatic heterocycles. The smallest absolute Gasteiger partial charge is 0.265 e. The number of furan rings is 1. The quantitative estimate of drug-likeness (QED) is 0.640. The van der Waals surface area contributed by atoms with Crippen molar-refractivity contribution >= 4 is 32.4 Å². The van der Waals surface area contributed by atoms with Crippen LogP contribution in [0.4, 0.5) is 5.69 Å². The lowest BCUT2D eigenvalue weighted by Gasteiger charge is -2.25. The lowest BCUT2D eigenvalue weighted by atomic mass is 10.1. The number of sulfonamides is 1. The van der Waals surface area contributed by atoms with E-state index in [2.05, 4.69) is 0 Å². The zero-order valence-electron chi connectivity index (χ0n) is 14.9. The highest BCUT2D eigenvalue weighted by molar-refractivity contribution is 7.93. The Morgan fingerprint density at radius 3 is 2.64 bits per heavy atom. The van der Waals surface area contributed by atoms with Crippen molar-refractivity contribution in [1.29, 1.82) is 5.26 Å². The van der Waals surface area contributed by atoms with E-state index in [1.807, 2.05) is 18.2 Å². The summed E-state index contributed by atoms with van der Waals surface area (Å²) in [5, 5.41) is 10.3. The van der Waals surface area contributed by atoms with E-state index in [1.165, 1.54) is 11.2 Å². The molecule has 0 unspecified atom stereocenters. The van der Waals surface area contributed by atoms with E-state index in [0.717, 1.165) is 9.69 Å². The summed E-state index contributed by atoms with van der Waals surface area (Å²) in [6, 6.07) is 15.9. The molecule has 0 fully saturated rings. The van der Waals surface area contributed by atoms with Crippen LogP contribution < -0.4 is 4.31 Å². The molecule has 8 heteroatoms. The Morgan fingerprint density at radius 2 is 1.93 bits per heavy atom. The molecule has 0 aliphatic carbocycles. The van der Waals surface area contributed by atoms with Crippen molar-refractivity contribution < 1.29 is 17.6 Å². The second-order valence-electron chi connectivity index (χ2n) is 6.45. The maximum atomic E-state index is 13.0. The molecule has 142 valence electrons. The first-order chi connectivity index (χ1) is 13.5. The van der Waals surface area contributed by atoms with Crippen LogP contribution in [0.15, 0.2) is 64.1 Å². The first-order valence-corrected chi connectivity index (χ1v) is 10.2. The summed E-state index contributed by atoms with van der Waals surface area (Å²) in [5.41, 5.74) is 0.500. The zero-order chi connectivity index (χ0) is 19.7. The summed E-state index contributed by atoms with van der Waals surface area (Å²) in [6.07, 6.45) is 1.65. The molecule has 1 amide bonds. The van der Waals surface area contributed by atoms with Gasteiger partial charge in [-0.05, 0) is 29.7 Å². The van der Waals surface area contributed by atoms with Crippen LogP contribution in [0, 0.1) is 11.3 Å². The van der Waals surface area contributed by atoms with Gasteiger partial charge in [0.25, 0.3) is 10.0 Å². The Hall–Kier alpha value is -3.31. The van der Waals surface area contributed by atoms with Gasteiger partial charge in [-0.2, -0.15) is 5.26 Å². The lowest BCUT2D eigenvalue weighted by Crippen LogP contribution is -2.41. The van der Waals surface area contributed by atoms with Crippen LogP contribution >= 0.6 is 0 Å². The van der Waals surface area contributed by atoms with Gasteiger partial charge in [-0.15, -0.1) is 0 Å². The highest BCUT2D eigenvalue weighted by atomic mass is 32.2. The predicted octanol–water partition coefficient (Wildman–Crippen LogP) is 2.88. The van der Waals surface area contributed by atoms with Crippen LogP contribution in [0.2, 0.25) is 0 Å². The monoisotopic (exact) mass is 395 g/mol. The Bertz CT molecular complexity index is 1170. The van der Waals surface area contributed by atoms with Gasteiger partial charge in [0.05, 0.1) is 35.9 Å². The van der Waals surface area contributed by atoms with E-state index in [9.17, 15) is 13.2 Å². The topological polar surface area (TPSA) is 94.6 Å². The van der Waals surface area contributed by atoms with Crippen LogP contribution in [0.1, 0.15) is 12.2 Å². The minimum Gasteiger partial charge on any atom is -0.467 e. The van der Waals surface area contributed by atoms with Gasteiger partial charge < -0.3 is 9.32 Å². The third-order valence-corrected chi connectivity index (χ3v) is 6.54. The predicted molar refractivity (Wildman–Crippen MR) is 103 cm³/mol. The van der Waals surface area contributed by atoms with Crippen molar-refractivity contribution in [3.63, 3.8) is 0 Å². The van der Waals surface area contributed by atoms with Gasteiger partial charge in [0.2, 0.25) is 5.91 Å². The fourth-order valence-electron chi connectivity index (χ4n) is 3.42. The van der Waals surface area contributed by atoms with E-state index in [0.29, 0.717) is 16.8 Å². The average molecular weight is 395 g/mol. The van der Waals surface area contributed by atoms with Gasteiger partial charge in [0.15, 0.2) is 0 Å². The van der Waals surface area contributed by atoms with E-state index in [4.69, 9.17) is 9.68 Å². The van der Waals surface area contributed by atoms with Gasteiger partial charge in [0.1, 0.15) is 12.3 Å². The molecule has 0 bridgehead atoms. The normalized spacial score (nSPS) is 14.2. The highest BCUT2D eigenvalue weighted by Crippen LogP contribution is 2.41. The van der Waals surface area contributed by atoms with Gasteiger partial charge in [-0.25, -0.2) is 8.42 Å². The molecular formula is C20H17N3O4S. The number of hydrogen-bond donors (Lipinski definition) is 0. The number of nitrogens with zero attached hydrogens (tertiary/aromatic N) is 3.